The van der Waals surface area contributed by atoms with E-state index < -0.39 is 0 Å². The average Bonchev–Trinajstić information content (AvgIpc) is 2.15. The zero-order chi connectivity index (χ0) is 9.52. The van der Waals surface area contributed by atoms with Crippen LogP contribution >= 0.6 is 11.8 Å². The Morgan fingerprint density at radius 1 is 1.15 bits per heavy atom. The van der Waals surface area contributed by atoms with E-state index in [0.29, 0.717) is 6.04 Å². The van der Waals surface area contributed by atoms with Crippen molar-refractivity contribution < 1.29 is 0 Å². The molecule has 0 aromatic heterocycles. The number of rotatable bonds is 5. The van der Waals surface area contributed by atoms with Crippen molar-refractivity contribution in [3.63, 3.8) is 0 Å². The minimum atomic E-state index is 0.507. The van der Waals surface area contributed by atoms with Gasteiger partial charge in [0.1, 0.15) is 0 Å². The summed E-state index contributed by atoms with van der Waals surface area (Å²) in [6.07, 6.45) is 9.38. The van der Waals surface area contributed by atoms with E-state index in [9.17, 15) is 0 Å². The lowest BCUT2D eigenvalue weighted by molar-refractivity contribution is 0.450. The van der Waals surface area contributed by atoms with Gasteiger partial charge in [0.15, 0.2) is 0 Å². The Morgan fingerprint density at radius 3 is 2.46 bits per heavy atom. The maximum absolute atomic E-state index is 5.86. The number of hydrogen-bond donors (Lipinski definition) is 1. The summed E-state index contributed by atoms with van der Waals surface area (Å²) < 4.78 is 0. The third-order valence-electron chi connectivity index (χ3n) is 2.82. The summed E-state index contributed by atoms with van der Waals surface area (Å²) >= 11 is 2.18. The van der Waals surface area contributed by atoms with E-state index in [0.717, 1.165) is 5.25 Å². The highest BCUT2D eigenvalue weighted by Crippen LogP contribution is 2.28. The molecule has 2 N–H and O–H groups in total. The van der Waals surface area contributed by atoms with Crippen LogP contribution in [0.5, 0.6) is 0 Å². The summed E-state index contributed by atoms with van der Waals surface area (Å²) in [6, 6.07) is 0.507. The maximum atomic E-state index is 5.86. The van der Waals surface area contributed by atoms with E-state index in [2.05, 4.69) is 18.7 Å². The minimum Gasteiger partial charge on any atom is -0.328 e. The fourth-order valence-electron chi connectivity index (χ4n) is 1.86. The van der Waals surface area contributed by atoms with E-state index in [1.54, 1.807) is 0 Å². The van der Waals surface area contributed by atoms with Crippen LogP contribution in [0.4, 0.5) is 0 Å². The molecule has 1 saturated carbocycles. The molecule has 78 valence electrons. The molecule has 0 aliphatic heterocycles. The van der Waals surface area contributed by atoms with Crippen LogP contribution in [0.15, 0.2) is 0 Å². The van der Waals surface area contributed by atoms with E-state index in [-0.39, 0.29) is 0 Å². The van der Waals surface area contributed by atoms with Crippen LogP contribution in [0, 0.1) is 0 Å². The van der Waals surface area contributed by atoms with E-state index in [1.165, 1.54) is 50.7 Å². The summed E-state index contributed by atoms with van der Waals surface area (Å²) in [5.74, 6) is 1.37. The first-order valence-electron chi connectivity index (χ1n) is 5.70. The lowest BCUT2D eigenvalue weighted by atomic mass is 9.96. The molecule has 13 heavy (non-hydrogen) atoms. The lowest BCUT2D eigenvalue weighted by Crippen LogP contribution is -2.27. The van der Waals surface area contributed by atoms with E-state index in [1.807, 2.05) is 0 Å². The van der Waals surface area contributed by atoms with Crippen molar-refractivity contribution in [2.24, 2.45) is 5.73 Å². The monoisotopic (exact) mass is 201 g/mol. The van der Waals surface area contributed by atoms with Gasteiger partial charge in [0.05, 0.1) is 0 Å². The van der Waals surface area contributed by atoms with Crippen LogP contribution in [0.3, 0.4) is 0 Å². The van der Waals surface area contributed by atoms with Crippen LogP contribution in [-0.2, 0) is 0 Å². The van der Waals surface area contributed by atoms with Gasteiger partial charge in [-0.2, -0.15) is 11.8 Å². The van der Waals surface area contributed by atoms with Gasteiger partial charge in [-0.3, -0.25) is 0 Å². The minimum absolute atomic E-state index is 0.507. The van der Waals surface area contributed by atoms with Crippen molar-refractivity contribution in [3.8, 4) is 0 Å². The number of hydrogen-bond acceptors (Lipinski definition) is 2. The van der Waals surface area contributed by atoms with E-state index in [4.69, 9.17) is 5.73 Å². The van der Waals surface area contributed by atoms with Crippen LogP contribution in [0.1, 0.15) is 51.9 Å². The molecule has 1 fully saturated rings. The lowest BCUT2D eigenvalue weighted by Gasteiger charge is -2.25. The van der Waals surface area contributed by atoms with Gasteiger partial charge in [-0.25, -0.2) is 0 Å². The smallest absolute Gasteiger partial charge is 0.00482 e. The molecule has 0 radical (unpaired) electrons. The van der Waals surface area contributed by atoms with Crippen LogP contribution in [-0.4, -0.2) is 17.0 Å². The first-order valence-corrected chi connectivity index (χ1v) is 6.75. The first-order chi connectivity index (χ1) is 6.33. The zero-order valence-electron chi connectivity index (χ0n) is 8.80. The van der Waals surface area contributed by atoms with Crippen molar-refractivity contribution in [1.29, 1.82) is 0 Å². The number of unbranched alkanes of at least 4 members (excludes halogenated alkanes) is 2. The summed E-state index contributed by atoms with van der Waals surface area (Å²) in [4.78, 5) is 0. The first kappa shape index (κ1) is 11.4. The fraction of sp³-hybridized carbons (Fsp3) is 1.00. The Hall–Kier alpha value is 0.310. The third kappa shape index (κ3) is 4.92. The zero-order valence-corrected chi connectivity index (χ0v) is 9.61. The molecule has 0 aromatic rings. The van der Waals surface area contributed by atoms with Crippen molar-refractivity contribution in [2.45, 2.75) is 63.2 Å². The summed E-state index contributed by atoms with van der Waals surface area (Å²) in [7, 11) is 0. The van der Waals surface area contributed by atoms with Gasteiger partial charge in [-0.05, 0) is 37.9 Å². The normalized spacial score (nSPS) is 29.1. The Kier molecular flexibility index (Phi) is 5.88. The van der Waals surface area contributed by atoms with Crippen molar-refractivity contribution in [2.75, 3.05) is 5.75 Å². The van der Waals surface area contributed by atoms with Crippen molar-refractivity contribution in [1.82, 2.24) is 0 Å². The topological polar surface area (TPSA) is 26.0 Å². The number of nitrogens with two attached hydrogens (primary N) is 1. The number of thioether (sulfide) groups is 1. The van der Waals surface area contributed by atoms with Gasteiger partial charge >= 0.3 is 0 Å². The molecular formula is C11H23NS. The second-order valence-corrected chi connectivity index (χ2v) is 5.52. The molecule has 0 spiro atoms. The molecule has 0 bridgehead atoms. The predicted molar refractivity (Wildman–Crippen MR) is 62.2 cm³/mol. The molecule has 0 amide bonds. The van der Waals surface area contributed by atoms with Crippen LogP contribution in [0.25, 0.3) is 0 Å². The standard InChI is InChI=1S/C11H23NS/c1-2-3-4-9-13-11-7-5-10(12)6-8-11/h10-11H,2-9,12H2,1H3. The van der Waals surface area contributed by atoms with Gasteiger partial charge in [0.25, 0.3) is 0 Å². The summed E-state index contributed by atoms with van der Waals surface area (Å²) in [5.41, 5.74) is 5.86. The van der Waals surface area contributed by atoms with Gasteiger partial charge < -0.3 is 5.73 Å². The molecule has 1 aliphatic carbocycles. The molecule has 2 heteroatoms. The highest BCUT2D eigenvalue weighted by molar-refractivity contribution is 7.99. The third-order valence-corrected chi connectivity index (χ3v) is 4.29. The molecule has 0 atom stereocenters. The Balaban J connectivity index is 1.96. The van der Waals surface area contributed by atoms with Gasteiger partial charge in [-0.15, -0.1) is 0 Å². The molecule has 1 aliphatic rings. The van der Waals surface area contributed by atoms with Gasteiger partial charge in [0, 0.05) is 11.3 Å². The molecule has 0 saturated heterocycles. The molecule has 1 rings (SSSR count). The Bertz CT molecular complexity index is 119. The second-order valence-electron chi connectivity index (χ2n) is 4.11. The molecule has 0 heterocycles. The SMILES string of the molecule is CCCCCSC1CCC(N)CC1. The molecule has 1 nitrogen and oxygen atoms in total. The van der Waals surface area contributed by atoms with Gasteiger partial charge in [0.2, 0.25) is 0 Å². The summed E-state index contributed by atoms with van der Waals surface area (Å²) in [6.45, 7) is 2.27. The highest BCUT2D eigenvalue weighted by atomic mass is 32.2. The van der Waals surface area contributed by atoms with Crippen LogP contribution in [0.2, 0.25) is 0 Å². The fourth-order valence-corrected chi connectivity index (χ4v) is 3.17. The molecular weight excluding hydrogens is 178 g/mol. The van der Waals surface area contributed by atoms with E-state index >= 15 is 0 Å². The Labute approximate surface area is 86.8 Å². The largest absolute Gasteiger partial charge is 0.328 e. The predicted octanol–water partition coefficient (Wildman–Crippen LogP) is 3.18. The highest BCUT2D eigenvalue weighted by Gasteiger charge is 2.17. The Morgan fingerprint density at radius 2 is 1.85 bits per heavy atom. The maximum Gasteiger partial charge on any atom is 0.00482 e. The quantitative estimate of drug-likeness (QED) is 0.691. The van der Waals surface area contributed by atoms with Crippen molar-refractivity contribution in [3.05, 3.63) is 0 Å². The molecule has 0 aromatic carbocycles. The average molecular weight is 201 g/mol. The second kappa shape index (κ2) is 6.72. The van der Waals surface area contributed by atoms with Crippen LogP contribution < -0.4 is 5.73 Å². The summed E-state index contributed by atoms with van der Waals surface area (Å²) in [5, 5.41) is 0.927. The molecule has 0 unspecified atom stereocenters. The van der Waals surface area contributed by atoms with Gasteiger partial charge in [-0.1, -0.05) is 19.8 Å². The van der Waals surface area contributed by atoms with Crippen molar-refractivity contribution >= 4 is 11.8 Å².